The fourth-order valence-electron chi connectivity index (χ4n) is 4.27. The van der Waals surface area contributed by atoms with Crippen molar-refractivity contribution in [1.82, 2.24) is 4.98 Å². The van der Waals surface area contributed by atoms with Crippen LogP contribution in [0.3, 0.4) is 0 Å². The number of anilines is 2. The van der Waals surface area contributed by atoms with Crippen LogP contribution < -0.4 is 14.5 Å². The number of carbonyl (C=O) groups is 1. The van der Waals surface area contributed by atoms with Crippen molar-refractivity contribution in [3.63, 3.8) is 0 Å². The molecular formula is C26H24N4O4S. The Morgan fingerprint density at radius 3 is 2.66 bits per heavy atom. The van der Waals surface area contributed by atoms with E-state index in [-0.39, 0.29) is 23.4 Å². The first-order chi connectivity index (χ1) is 17.2. The van der Waals surface area contributed by atoms with E-state index in [0.29, 0.717) is 44.1 Å². The summed E-state index contributed by atoms with van der Waals surface area (Å²) in [6.45, 7) is 1.71. The summed E-state index contributed by atoms with van der Waals surface area (Å²) in [5, 5.41) is 11.6. The summed E-state index contributed by atoms with van der Waals surface area (Å²) in [5.41, 5.74) is 1.07. The van der Waals surface area contributed by atoms with Crippen molar-refractivity contribution < 1.29 is 18.4 Å². The molecule has 0 atom stereocenters. The molecule has 9 heteroatoms. The Morgan fingerprint density at radius 2 is 2.03 bits per heavy atom. The molecule has 1 aromatic carbocycles. The van der Waals surface area contributed by atoms with Crippen molar-refractivity contribution >= 4 is 28.8 Å². The molecule has 1 aliphatic rings. The van der Waals surface area contributed by atoms with Crippen molar-refractivity contribution in [2.24, 2.45) is 5.92 Å². The molecule has 4 heterocycles. The number of methoxy groups -OCH3 is 1. The maximum atomic E-state index is 13.7. The largest absolute Gasteiger partial charge is 0.497 e. The van der Waals surface area contributed by atoms with Gasteiger partial charge in [0.1, 0.15) is 11.8 Å². The number of oxazole rings is 1. The first kappa shape index (κ1) is 22.7. The maximum Gasteiger partial charge on any atom is 0.266 e. The lowest BCUT2D eigenvalue weighted by Crippen LogP contribution is -2.42. The van der Waals surface area contributed by atoms with Gasteiger partial charge in [-0.25, -0.2) is 0 Å². The van der Waals surface area contributed by atoms with Gasteiger partial charge in [0.15, 0.2) is 5.76 Å². The van der Waals surface area contributed by atoms with Crippen molar-refractivity contribution in [2.75, 3.05) is 30.0 Å². The predicted octanol–water partition coefficient (Wildman–Crippen LogP) is 5.33. The van der Waals surface area contributed by atoms with E-state index in [1.165, 1.54) is 6.26 Å². The molecule has 1 amide bonds. The van der Waals surface area contributed by atoms with Crippen molar-refractivity contribution in [1.29, 1.82) is 5.26 Å². The minimum atomic E-state index is -0.133. The molecule has 0 N–H and O–H groups in total. The minimum absolute atomic E-state index is 0.0950. The number of nitrogens with zero attached hydrogens (tertiary/aromatic N) is 4. The first-order valence-corrected chi connectivity index (χ1v) is 12.2. The molecule has 8 nitrogen and oxygen atoms in total. The van der Waals surface area contributed by atoms with Crippen molar-refractivity contribution in [3.8, 4) is 23.5 Å². The lowest BCUT2D eigenvalue weighted by molar-refractivity contribution is -0.123. The Kier molecular flexibility index (Phi) is 6.55. The molecule has 178 valence electrons. The van der Waals surface area contributed by atoms with Crippen LogP contribution in [0.5, 0.6) is 5.75 Å². The molecule has 0 unspecified atom stereocenters. The molecular weight excluding hydrogens is 464 g/mol. The normalized spacial score (nSPS) is 14.0. The van der Waals surface area contributed by atoms with Gasteiger partial charge in [-0.05, 0) is 60.7 Å². The summed E-state index contributed by atoms with van der Waals surface area (Å²) >= 11 is 1.64. The average molecular weight is 489 g/mol. The second kappa shape index (κ2) is 10.1. The topological polar surface area (TPSA) is 95.7 Å². The Hall–Kier alpha value is -4.03. The molecule has 1 aliphatic heterocycles. The number of rotatable bonds is 7. The van der Waals surface area contributed by atoms with Crippen LogP contribution >= 0.6 is 11.3 Å². The third kappa shape index (κ3) is 4.79. The molecule has 35 heavy (non-hydrogen) atoms. The van der Waals surface area contributed by atoms with Gasteiger partial charge in [-0.2, -0.15) is 10.2 Å². The number of hydrogen-bond acceptors (Lipinski definition) is 8. The Bertz CT molecular complexity index is 1300. The summed E-state index contributed by atoms with van der Waals surface area (Å²) in [6.07, 6.45) is 2.84. The second-order valence-electron chi connectivity index (χ2n) is 8.22. The van der Waals surface area contributed by atoms with Crippen LogP contribution in [0.4, 0.5) is 11.6 Å². The van der Waals surface area contributed by atoms with E-state index < -0.39 is 0 Å². The Balaban J connectivity index is 1.31. The van der Waals surface area contributed by atoms with Gasteiger partial charge < -0.3 is 23.4 Å². The maximum absolute atomic E-state index is 13.7. The molecule has 0 radical (unpaired) electrons. The van der Waals surface area contributed by atoms with E-state index in [9.17, 15) is 10.1 Å². The molecule has 4 aromatic rings. The zero-order valence-electron chi connectivity index (χ0n) is 19.2. The van der Waals surface area contributed by atoms with Gasteiger partial charge in [-0.3, -0.25) is 4.79 Å². The number of piperidine rings is 1. The molecule has 0 spiro atoms. The zero-order chi connectivity index (χ0) is 24.2. The fraction of sp³-hybridized carbons (Fsp3) is 0.269. The second-order valence-corrected chi connectivity index (χ2v) is 9.26. The van der Waals surface area contributed by atoms with Crippen LogP contribution in [-0.2, 0) is 11.3 Å². The van der Waals surface area contributed by atoms with Gasteiger partial charge in [0.05, 0.1) is 19.9 Å². The lowest BCUT2D eigenvalue weighted by Gasteiger charge is -2.34. The highest BCUT2D eigenvalue weighted by Gasteiger charge is 2.32. The smallest absolute Gasteiger partial charge is 0.266 e. The summed E-state index contributed by atoms with van der Waals surface area (Å²) in [5.74, 6) is 1.89. The van der Waals surface area contributed by atoms with Crippen LogP contribution in [-0.4, -0.2) is 31.1 Å². The summed E-state index contributed by atoms with van der Waals surface area (Å²) in [4.78, 5) is 22.9. The van der Waals surface area contributed by atoms with E-state index in [1.54, 1.807) is 30.6 Å². The van der Waals surface area contributed by atoms with Gasteiger partial charge in [0.25, 0.3) is 5.89 Å². The average Bonchev–Trinajstić information content (AvgIpc) is 3.69. The highest BCUT2D eigenvalue weighted by molar-refractivity contribution is 7.09. The molecule has 0 aliphatic carbocycles. The molecule has 3 aromatic heterocycles. The number of amides is 1. The summed E-state index contributed by atoms with van der Waals surface area (Å²) < 4.78 is 16.5. The van der Waals surface area contributed by atoms with E-state index >= 15 is 0 Å². The highest BCUT2D eigenvalue weighted by Crippen LogP contribution is 2.33. The number of aromatic nitrogens is 1. The number of thiophene rings is 1. The third-order valence-corrected chi connectivity index (χ3v) is 6.98. The van der Waals surface area contributed by atoms with E-state index in [0.717, 1.165) is 16.3 Å². The quantitative estimate of drug-likeness (QED) is 0.347. The highest BCUT2D eigenvalue weighted by atomic mass is 32.1. The standard InChI is InChI=1S/C26H24N4O4S/c1-32-20-8-6-19(7-9-20)30(17-21-4-3-15-35-21)25(31)18-10-12-29(13-11-18)26-22(16-27)28-24(34-26)23-5-2-14-33-23/h2-9,14-15,18H,10-13,17H2,1H3. The number of furan rings is 1. The van der Waals surface area contributed by atoms with Gasteiger partial charge in [-0.1, -0.05) is 6.07 Å². The minimum Gasteiger partial charge on any atom is -0.497 e. The van der Waals surface area contributed by atoms with Gasteiger partial charge in [-0.15, -0.1) is 11.3 Å². The zero-order valence-corrected chi connectivity index (χ0v) is 20.0. The number of ether oxygens (including phenoxy) is 1. The van der Waals surface area contributed by atoms with Crippen molar-refractivity contribution in [3.05, 3.63) is 70.7 Å². The first-order valence-electron chi connectivity index (χ1n) is 11.3. The van der Waals surface area contributed by atoms with Gasteiger partial charge in [0, 0.05) is 29.6 Å². The lowest BCUT2D eigenvalue weighted by atomic mass is 9.95. The molecule has 5 rings (SSSR count). The number of hydrogen-bond donors (Lipinski definition) is 0. The molecule has 0 saturated carbocycles. The van der Waals surface area contributed by atoms with Crippen LogP contribution in [0.1, 0.15) is 23.4 Å². The van der Waals surface area contributed by atoms with Gasteiger partial charge in [0.2, 0.25) is 17.5 Å². The van der Waals surface area contributed by atoms with Crippen LogP contribution in [0, 0.1) is 17.2 Å². The third-order valence-electron chi connectivity index (χ3n) is 6.12. The molecule has 0 bridgehead atoms. The Labute approximate surface area is 207 Å². The fourth-order valence-corrected chi connectivity index (χ4v) is 4.96. The van der Waals surface area contributed by atoms with E-state index in [2.05, 4.69) is 11.1 Å². The van der Waals surface area contributed by atoms with Crippen molar-refractivity contribution in [2.45, 2.75) is 19.4 Å². The molecule has 1 saturated heterocycles. The summed E-state index contributed by atoms with van der Waals surface area (Å²) in [7, 11) is 1.63. The van der Waals surface area contributed by atoms with E-state index in [1.807, 2.05) is 51.6 Å². The number of benzene rings is 1. The predicted molar refractivity (Wildman–Crippen MR) is 132 cm³/mol. The summed E-state index contributed by atoms with van der Waals surface area (Å²) in [6, 6.07) is 17.2. The van der Waals surface area contributed by atoms with Gasteiger partial charge >= 0.3 is 0 Å². The van der Waals surface area contributed by atoms with Crippen LogP contribution in [0.15, 0.2) is 69.0 Å². The number of carbonyl (C=O) groups excluding carboxylic acids is 1. The van der Waals surface area contributed by atoms with E-state index in [4.69, 9.17) is 13.6 Å². The SMILES string of the molecule is COc1ccc(N(Cc2cccs2)C(=O)C2CCN(c3oc(-c4ccco4)nc3C#N)CC2)cc1. The van der Waals surface area contributed by atoms with Crippen LogP contribution in [0.25, 0.3) is 11.7 Å². The molecule has 1 fully saturated rings. The number of nitriles is 1. The van der Waals surface area contributed by atoms with Crippen LogP contribution in [0.2, 0.25) is 0 Å². The Morgan fingerprint density at radius 1 is 1.23 bits per heavy atom. The monoisotopic (exact) mass is 488 g/mol.